The van der Waals surface area contributed by atoms with E-state index < -0.39 is 11.6 Å². The minimum absolute atomic E-state index is 0.0479. The van der Waals surface area contributed by atoms with Gasteiger partial charge < -0.3 is 23.7 Å². The van der Waals surface area contributed by atoms with Crippen molar-refractivity contribution in [1.29, 1.82) is 0 Å². The average Bonchev–Trinajstić information content (AvgIpc) is 2.81. The fraction of sp³-hybridized carbons (Fsp3) is 1.00. The summed E-state index contributed by atoms with van der Waals surface area (Å²) in [5, 5.41) is 0. The molecule has 0 unspecified atom stereocenters. The molecule has 3 heterocycles. The molecule has 0 amide bonds. The minimum Gasteiger partial charge on any atom is -0.348 e. The van der Waals surface area contributed by atoms with Crippen LogP contribution in [-0.4, -0.2) is 47.6 Å². The second-order valence-corrected chi connectivity index (χ2v) is 6.94. The highest BCUT2D eigenvalue weighted by Gasteiger charge is 2.57. The molecule has 0 saturated carbocycles. The van der Waals surface area contributed by atoms with E-state index in [2.05, 4.69) is 15.9 Å². The van der Waals surface area contributed by atoms with Gasteiger partial charge >= 0.3 is 0 Å². The maximum absolute atomic E-state index is 5.91. The van der Waals surface area contributed by atoms with Gasteiger partial charge in [-0.3, -0.25) is 0 Å². The molecule has 0 N–H and O–H groups in total. The molecule has 0 radical (unpaired) electrons. The Balaban J connectivity index is 1.68. The molecular weight excluding hydrogens is 304 g/mol. The first-order valence-corrected chi connectivity index (χ1v) is 7.16. The summed E-state index contributed by atoms with van der Waals surface area (Å²) >= 11 is 3.65. The second kappa shape index (κ2) is 4.14. The standard InChI is InChI=1S/C12H19BrO5/c1-11(2)14-5-6(16-11)8-7(13)9-10(15-8)18-12(3,4)17-9/h6-10H,5H2,1-4H3/t6-,7+,8-,9-,10-/m1/s1. The lowest BCUT2D eigenvalue weighted by Crippen LogP contribution is -2.39. The quantitative estimate of drug-likeness (QED) is 0.689. The molecule has 104 valence electrons. The van der Waals surface area contributed by atoms with E-state index in [9.17, 15) is 0 Å². The minimum atomic E-state index is -0.585. The van der Waals surface area contributed by atoms with Gasteiger partial charge in [-0.25, -0.2) is 0 Å². The summed E-state index contributed by atoms with van der Waals surface area (Å²) < 4.78 is 28.9. The van der Waals surface area contributed by atoms with E-state index in [0.29, 0.717) is 6.61 Å². The summed E-state index contributed by atoms with van der Waals surface area (Å²) in [5.74, 6) is -1.13. The number of halogens is 1. The molecule has 3 aliphatic heterocycles. The molecule has 0 aliphatic carbocycles. The number of rotatable bonds is 1. The number of hydrogen-bond acceptors (Lipinski definition) is 5. The van der Waals surface area contributed by atoms with E-state index >= 15 is 0 Å². The van der Waals surface area contributed by atoms with Crippen LogP contribution in [0, 0.1) is 0 Å². The van der Waals surface area contributed by atoms with Gasteiger partial charge in [0.1, 0.15) is 18.3 Å². The first-order chi connectivity index (χ1) is 8.27. The fourth-order valence-electron chi connectivity index (χ4n) is 2.67. The van der Waals surface area contributed by atoms with Crippen molar-refractivity contribution in [2.75, 3.05) is 6.61 Å². The van der Waals surface area contributed by atoms with Gasteiger partial charge in [0.25, 0.3) is 0 Å². The molecule has 3 aliphatic rings. The van der Waals surface area contributed by atoms with Crippen LogP contribution in [0.2, 0.25) is 0 Å². The van der Waals surface area contributed by atoms with E-state index in [1.54, 1.807) is 0 Å². The monoisotopic (exact) mass is 322 g/mol. The summed E-state index contributed by atoms with van der Waals surface area (Å²) in [6.07, 6.45) is -0.637. The van der Waals surface area contributed by atoms with Gasteiger partial charge in [-0.05, 0) is 27.7 Å². The maximum atomic E-state index is 5.91. The van der Waals surface area contributed by atoms with Gasteiger partial charge in [-0.15, -0.1) is 0 Å². The Labute approximate surface area is 115 Å². The lowest BCUT2D eigenvalue weighted by Gasteiger charge is -2.26. The predicted octanol–water partition coefficient (Wildman–Crippen LogP) is 1.78. The largest absolute Gasteiger partial charge is 0.348 e. The van der Waals surface area contributed by atoms with Crippen LogP contribution in [0.15, 0.2) is 0 Å². The summed E-state index contributed by atoms with van der Waals surface area (Å²) in [7, 11) is 0. The lowest BCUT2D eigenvalue weighted by atomic mass is 10.1. The van der Waals surface area contributed by atoms with E-state index in [1.165, 1.54) is 0 Å². The predicted molar refractivity (Wildman–Crippen MR) is 66.3 cm³/mol. The Kier molecular flexibility index (Phi) is 3.05. The van der Waals surface area contributed by atoms with Crippen molar-refractivity contribution in [3.63, 3.8) is 0 Å². The van der Waals surface area contributed by atoms with Crippen LogP contribution in [0.25, 0.3) is 0 Å². The van der Waals surface area contributed by atoms with Crippen LogP contribution in [0.4, 0.5) is 0 Å². The van der Waals surface area contributed by atoms with Crippen molar-refractivity contribution < 1.29 is 23.7 Å². The average molecular weight is 323 g/mol. The molecule has 3 fully saturated rings. The third-order valence-electron chi connectivity index (χ3n) is 3.40. The number of ether oxygens (including phenoxy) is 5. The summed E-state index contributed by atoms with van der Waals surface area (Å²) in [4.78, 5) is 0.0479. The molecule has 5 atom stereocenters. The van der Waals surface area contributed by atoms with Crippen LogP contribution in [0.5, 0.6) is 0 Å². The van der Waals surface area contributed by atoms with Crippen molar-refractivity contribution in [1.82, 2.24) is 0 Å². The van der Waals surface area contributed by atoms with Crippen molar-refractivity contribution in [2.45, 2.75) is 68.7 Å². The highest BCUT2D eigenvalue weighted by molar-refractivity contribution is 9.09. The maximum Gasteiger partial charge on any atom is 0.188 e. The molecule has 0 aromatic carbocycles. The Morgan fingerprint density at radius 2 is 1.67 bits per heavy atom. The van der Waals surface area contributed by atoms with E-state index in [0.717, 1.165) is 0 Å². The molecule has 3 saturated heterocycles. The zero-order chi connectivity index (χ0) is 13.1. The Morgan fingerprint density at radius 1 is 0.944 bits per heavy atom. The Hall–Kier alpha value is 0.280. The highest BCUT2D eigenvalue weighted by Crippen LogP contribution is 2.43. The van der Waals surface area contributed by atoms with E-state index in [-0.39, 0.29) is 29.4 Å². The van der Waals surface area contributed by atoms with Crippen molar-refractivity contribution >= 4 is 15.9 Å². The molecule has 0 bridgehead atoms. The normalized spacial score (nSPS) is 49.5. The number of hydrogen-bond donors (Lipinski definition) is 0. The fourth-order valence-corrected chi connectivity index (χ4v) is 3.49. The van der Waals surface area contributed by atoms with Crippen molar-refractivity contribution in [2.24, 2.45) is 0 Å². The van der Waals surface area contributed by atoms with Gasteiger partial charge in [0.2, 0.25) is 0 Å². The van der Waals surface area contributed by atoms with Crippen LogP contribution in [0.1, 0.15) is 27.7 Å². The zero-order valence-corrected chi connectivity index (χ0v) is 12.6. The summed E-state index contributed by atoms with van der Waals surface area (Å²) in [5.41, 5.74) is 0. The SMILES string of the molecule is CC1(C)O[C@H]2O[C@H]([C@H]3COC(C)(C)O3)[C@H](Br)[C@H]2O1. The molecule has 0 spiro atoms. The van der Waals surface area contributed by atoms with Gasteiger partial charge in [0.05, 0.1) is 11.4 Å². The molecule has 6 heteroatoms. The molecule has 3 rings (SSSR count). The Bertz CT molecular complexity index is 345. The van der Waals surface area contributed by atoms with Crippen LogP contribution >= 0.6 is 15.9 Å². The summed E-state index contributed by atoms with van der Waals surface area (Å²) in [6.45, 7) is 8.12. The summed E-state index contributed by atoms with van der Waals surface area (Å²) in [6, 6.07) is 0. The van der Waals surface area contributed by atoms with Gasteiger partial charge in [0, 0.05) is 0 Å². The van der Waals surface area contributed by atoms with E-state index in [1.807, 2.05) is 27.7 Å². The van der Waals surface area contributed by atoms with Gasteiger partial charge in [-0.2, -0.15) is 0 Å². The molecule has 18 heavy (non-hydrogen) atoms. The second-order valence-electron chi connectivity index (χ2n) is 5.88. The third-order valence-corrected chi connectivity index (χ3v) is 4.45. The molecular formula is C12H19BrO5. The van der Waals surface area contributed by atoms with Crippen molar-refractivity contribution in [3.05, 3.63) is 0 Å². The Morgan fingerprint density at radius 3 is 2.22 bits per heavy atom. The molecule has 0 aromatic heterocycles. The first-order valence-electron chi connectivity index (χ1n) is 6.24. The van der Waals surface area contributed by atoms with Crippen LogP contribution in [0.3, 0.4) is 0 Å². The zero-order valence-electron chi connectivity index (χ0n) is 11.0. The first kappa shape index (κ1) is 13.3. The molecule has 0 aromatic rings. The molecule has 5 nitrogen and oxygen atoms in total. The highest BCUT2D eigenvalue weighted by atomic mass is 79.9. The third kappa shape index (κ3) is 2.23. The topological polar surface area (TPSA) is 46.2 Å². The van der Waals surface area contributed by atoms with E-state index in [4.69, 9.17) is 23.7 Å². The van der Waals surface area contributed by atoms with Gasteiger partial charge in [-0.1, -0.05) is 15.9 Å². The van der Waals surface area contributed by atoms with Crippen LogP contribution < -0.4 is 0 Å². The van der Waals surface area contributed by atoms with Gasteiger partial charge in [0.15, 0.2) is 17.9 Å². The smallest absolute Gasteiger partial charge is 0.188 e. The number of alkyl halides is 1. The van der Waals surface area contributed by atoms with Crippen molar-refractivity contribution in [3.8, 4) is 0 Å². The lowest BCUT2D eigenvalue weighted by molar-refractivity contribution is -0.219. The van der Waals surface area contributed by atoms with Crippen LogP contribution in [-0.2, 0) is 23.7 Å². The number of fused-ring (bicyclic) bond motifs is 1.